The van der Waals surface area contributed by atoms with Crippen LogP contribution in [-0.4, -0.2) is 6.10 Å². The Morgan fingerprint density at radius 2 is 1.85 bits per heavy atom. The predicted octanol–water partition coefficient (Wildman–Crippen LogP) is 4.25. The molecule has 2 rings (SSSR count). The van der Waals surface area contributed by atoms with Crippen LogP contribution in [0.1, 0.15) is 19.4 Å². The summed E-state index contributed by atoms with van der Waals surface area (Å²) in [5, 5.41) is 3.21. The summed E-state index contributed by atoms with van der Waals surface area (Å²) in [4.78, 5) is 0. The van der Waals surface area contributed by atoms with Crippen molar-refractivity contribution in [3.8, 4) is 5.75 Å². The quantitative estimate of drug-likeness (QED) is 0.819. The van der Waals surface area contributed by atoms with Gasteiger partial charge in [0.15, 0.2) is 11.6 Å². The number of nitrogen functional groups attached to an aromatic ring is 1. The highest BCUT2D eigenvalue weighted by molar-refractivity contribution is 5.75. The number of rotatable bonds is 4. The minimum Gasteiger partial charge on any atom is -0.488 e. The zero-order chi connectivity index (χ0) is 14.7. The molecule has 0 spiro atoms. The van der Waals surface area contributed by atoms with Crippen molar-refractivity contribution in [2.45, 2.75) is 26.9 Å². The summed E-state index contributed by atoms with van der Waals surface area (Å²) in [7, 11) is 0. The van der Waals surface area contributed by atoms with E-state index in [4.69, 9.17) is 10.5 Å². The summed E-state index contributed by atoms with van der Waals surface area (Å²) in [6, 6.07) is 10.7. The Morgan fingerprint density at radius 3 is 2.50 bits per heavy atom. The van der Waals surface area contributed by atoms with Crippen LogP contribution in [0.5, 0.6) is 5.75 Å². The summed E-state index contributed by atoms with van der Waals surface area (Å²) in [6.07, 6.45) is -0.0977. The van der Waals surface area contributed by atoms with Crippen LogP contribution in [0.25, 0.3) is 0 Å². The van der Waals surface area contributed by atoms with Crippen molar-refractivity contribution in [3.05, 3.63) is 47.8 Å². The van der Waals surface area contributed by atoms with E-state index in [0.29, 0.717) is 11.4 Å². The predicted molar refractivity (Wildman–Crippen MR) is 81.0 cm³/mol. The molecule has 0 unspecified atom stereocenters. The lowest BCUT2D eigenvalue weighted by atomic mass is 10.2. The number of ether oxygens (including phenoxy) is 1. The lowest BCUT2D eigenvalue weighted by Gasteiger charge is -2.16. The van der Waals surface area contributed by atoms with E-state index >= 15 is 0 Å². The van der Waals surface area contributed by atoms with Crippen LogP contribution < -0.4 is 15.8 Å². The number of benzene rings is 2. The fraction of sp³-hybridized carbons (Fsp3) is 0.250. The van der Waals surface area contributed by atoms with Gasteiger partial charge in [0.25, 0.3) is 0 Å². The lowest BCUT2D eigenvalue weighted by molar-refractivity contribution is 0.231. The van der Waals surface area contributed by atoms with Gasteiger partial charge in [-0.2, -0.15) is 0 Å². The molecule has 2 aromatic carbocycles. The minimum absolute atomic E-state index is 0.0977. The molecule has 0 radical (unpaired) electrons. The molecule has 0 aliphatic heterocycles. The van der Waals surface area contributed by atoms with Gasteiger partial charge >= 0.3 is 0 Å². The van der Waals surface area contributed by atoms with Crippen LogP contribution in [0.2, 0.25) is 0 Å². The molecule has 2 aromatic rings. The fourth-order valence-electron chi connectivity index (χ4n) is 1.88. The van der Waals surface area contributed by atoms with Crippen molar-refractivity contribution < 1.29 is 9.13 Å². The summed E-state index contributed by atoms with van der Waals surface area (Å²) in [5.41, 5.74) is 8.86. The summed E-state index contributed by atoms with van der Waals surface area (Å²) < 4.78 is 19.2. The van der Waals surface area contributed by atoms with Crippen molar-refractivity contribution in [1.29, 1.82) is 0 Å². The second-order valence-corrected chi connectivity index (χ2v) is 4.98. The van der Waals surface area contributed by atoms with Gasteiger partial charge in [0.2, 0.25) is 0 Å². The van der Waals surface area contributed by atoms with Crippen molar-refractivity contribution >= 4 is 17.1 Å². The first-order valence-electron chi connectivity index (χ1n) is 6.55. The monoisotopic (exact) mass is 274 g/mol. The van der Waals surface area contributed by atoms with E-state index in [2.05, 4.69) is 5.32 Å². The largest absolute Gasteiger partial charge is 0.488 e. The molecule has 0 saturated carbocycles. The zero-order valence-electron chi connectivity index (χ0n) is 11.9. The third kappa shape index (κ3) is 3.20. The van der Waals surface area contributed by atoms with Crippen molar-refractivity contribution in [2.75, 3.05) is 11.1 Å². The van der Waals surface area contributed by atoms with Crippen LogP contribution >= 0.6 is 0 Å². The van der Waals surface area contributed by atoms with Gasteiger partial charge in [-0.1, -0.05) is 18.2 Å². The maximum atomic E-state index is 13.8. The number of halogens is 1. The molecule has 0 saturated heterocycles. The van der Waals surface area contributed by atoms with Gasteiger partial charge in [-0.25, -0.2) is 4.39 Å². The first-order chi connectivity index (χ1) is 9.47. The molecule has 3 N–H and O–H groups in total. The van der Waals surface area contributed by atoms with Gasteiger partial charge in [0.1, 0.15) is 0 Å². The summed E-state index contributed by atoms with van der Waals surface area (Å²) in [5.74, 6) is -0.253. The van der Waals surface area contributed by atoms with E-state index < -0.39 is 5.82 Å². The Labute approximate surface area is 118 Å². The van der Waals surface area contributed by atoms with Crippen LogP contribution in [0.15, 0.2) is 36.4 Å². The Balaban J connectivity index is 2.34. The first kappa shape index (κ1) is 14.2. The van der Waals surface area contributed by atoms with Crippen LogP contribution in [-0.2, 0) is 0 Å². The van der Waals surface area contributed by atoms with Gasteiger partial charge in [-0.3, -0.25) is 0 Å². The molecule has 0 heterocycles. The number of anilines is 3. The average molecular weight is 274 g/mol. The Morgan fingerprint density at radius 1 is 1.15 bits per heavy atom. The normalized spacial score (nSPS) is 10.7. The smallest absolute Gasteiger partial charge is 0.167 e. The molecular formula is C16H19FN2O. The Kier molecular flexibility index (Phi) is 4.13. The third-order valence-corrected chi connectivity index (χ3v) is 2.88. The average Bonchev–Trinajstić information content (AvgIpc) is 2.37. The molecular weight excluding hydrogens is 255 g/mol. The van der Waals surface area contributed by atoms with E-state index in [-0.39, 0.29) is 11.9 Å². The maximum absolute atomic E-state index is 13.8. The standard InChI is InChI=1S/C16H19FN2O/c1-10(2)20-16-9-15(13(18)8-12(16)17)19-14-7-5-4-6-11(14)3/h4-10,19H,18H2,1-3H3. The van der Waals surface area contributed by atoms with E-state index in [1.54, 1.807) is 6.07 Å². The molecule has 4 heteroatoms. The van der Waals surface area contributed by atoms with Gasteiger partial charge in [0.05, 0.1) is 17.5 Å². The zero-order valence-corrected chi connectivity index (χ0v) is 11.9. The van der Waals surface area contributed by atoms with Crippen LogP contribution in [0.4, 0.5) is 21.5 Å². The van der Waals surface area contributed by atoms with Gasteiger partial charge in [-0.15, -0.1) is 0 Å². The highest BCUT2D eigenvalue weighted by atomic mass is 19.1. The van der Waals surface area contributed by atoms with Crippen molar-refractivity contribution in [2.24, 2.45) is 0 Å². The molecule has 0 aromatic heterocycles. The number of nitrogens with two attached hydrogens (primary N) is 1. The molecule has 3 nitrogen and oxygen atoms in total. The number of hydrogen-bond donors (Lipinski definition) is 2. The van der Waals surface area contributed by atoms with E-state index in [9.17, 15) is 4.39 Å². The lowest BCUT2D eigenvalue weighted by Crippen LogP contribution is -2.08. The van der Waals surface area contributed by atoms with Gasteiger partial charge in [0, 0.05) is 17.8 Å². The van der Waals surface area contributed by atoms with Gasteiger partial charge in [-0.05, 0) is 32.4 Å². The summed E-state index contributed by atoms with van der Waals surface area (Å²) >= 11 is 0. The molecule has 106 valence electrons. The Bertz CT molecular complexity index is 611. The van der Waals surface area contributed by atoms with E-state index in [1.807, 2.05) is 45.0 Å². The minimum atomic E-state index is -0.452. The van der Waals surface area contributed by atoms with Gasteiger partial charge < -0.3 is 15.8 Å². The second-order valence-electron chi connectivity index (χ2n) is 4.98. The van der Waals surface area contributed by atoms with Crippen LogP contribution in [0.3, 0.4) is 0 Å². The van der Waals surface area contributed by atoms with Crippen molar-refractivity contribution in [3.63, 3.8) is 0 Å². The summed E-state index contributed by atoms with van der Waals surface area (Å²) in [6.45, 7) is 5.70. The third-order valence-electron chi connectivity index (χ3n) is 2.88. The molecule has 0 fully saturated rings. The van der Waals surface area contributed by atoms with E-state index in [0.717, 1.165) is 11.3 Å². The molecule has 0 atom stereocenters. The fourth-order valence-corrected chi connectivity index (χ4v) is 1.88. The molecule has 0 aliphatic carbocycles. The molecule has 0 bridgehead atoms. The highest BCUT2D eigenvalue weighted by Gasteiger charge is 2.11. The molecule has 0 aliphatic rings. The van der Waals surface area contributed by atoms with Crippen LogP contribution in [0, 0.1) is 12.7 Å². The highest BCUT2D eigenvalue weighted by Crippen LogP contribution is 2.31. The molecule has 0 amide bonds. The number of hydrogen-bond acceptors (Lipinski definition) is 3. The molecule has 20 heavy (non-hydrogen) atoms. The van der Waals surface area contributed by atoms with Crippen molar-refractivity contribution in [1.82, 2.24) is 0 Å². The maximum Gasteiger partial charge on any atom is 0.167 e. The number of nitrogens with one attached hydrogen (secondary N) is 1. The topological polar surface area (TPSA) is 47.3 Å². The SMILES string of the molecule is Cc1ccccc1Nc1cc(OC(C)C)c(F)cc1N. The second kappa shape index (κ2) is 5.82. The number of aryl methyl sites for hydroxylation is 1. The van der Waals surface area contributed by atoms with E-state index in [1.165, 1.54) is 6.07 Å². The first-order valence-corrected chi connectivity index (χ1v) is 6.55. The number of para-hydroxylation sites is 1. The Hall–Kier alpha value is -2.23.